The predicted octanol–water partition coefficient (Wildman–Crippen LogP) is 3.65. The number of halogens is 1. The Balaban J connectivity index is 1.71. The molecule has 0 aliphatic carbocycles. The molecule has 3 rings (SSSR count). The fourth-order valence-electron chi connectivity index (χ4n) is 2.70. The number of thioether (sulfide) groups is 1. The summed E-state index contributed by atoms with van der Waals surface area (Å²) in [5, 5.41) is 4.29. The Bertz CT molecular complexity index is 1100. The van der Waals surface area contributed by atoms with Gasteiger partial charge in [0.15, 0.2) is 5.16 Å². The molecule has 0 fully saturated rings. The number of aromatic nitrogens is 2. The first-order valence-electron chi connectivity index (χ1n) is 8.85. The quantitative estimate of drug-likeness (QED) is 0.336. The number of carbonyl (C=O) groups excluding carboxylic acids is 1. The minimum atomic E-state index is -0.187. The van der Waals surface area contributed by atoms with Gasteiger partial charge in [-0.05, 0) is 35.9 Å². The number of nitrogens with zero attached hydrogens (tertiary/aromatic N) is 2. The summed E-state index contributed by atoms with van der Waals surface area (Å²) >= 11 is 7.23. The van der Waals surface area contributed by atoms with Gasteiger partial charge in [0.1, 0.15) is 5.75 Å². The molecule has 0 unspecified atom stereocenters. The van der Waals surface area contributed by atoms with Gasteiger partial charge in [-0.3, -0.25) is 14.2 Å². The molecular weight excluding hydrogens is 410 g/mol. The van der Waals surface area contributed by atoms with E-state index in [-0.39, 0.29) is 17.2 Å². The van der Waals surface area contributed by atoms with Crippen LogP contribution in [0.2, 0.25) is 5.02 Å². The van der Waals surface area contributed by atoms with Crippen LogP contribution < -0.4 is 15.6 Å². The van der Waals surface area contributed by atoms with Gasteiger partial charge in [0.05, 0.1) is 23.8 Å². The number of ether oxygens (including phenoxy) is 1. The standard InChI is InChI=1S/C21H20ClN3O3S/c1-3-10-25-20(27)17-9-6-15(22)11-18(17)24-21(25)29-13-19(26)23-12-14-4-7-16(28-2)8-5-14/h3-9,11H,1,10,12-13H2,2H3,(H,23,26). The van der Waals surface area contributed by atoms with Gasteiger partial charge in [0.2, 0.25) is 5.91 Å². The van der Waals surface area contributed by atoms with Gasteiger partial charge in [-0.25, -0.2) is 4.98 Å². The first-order chi connectivity index (χ1) is 14.0. The molecule has 1 aromatic heterocycles. The minimum Gasteiger partial charge on any atom is -0.497 e. The van der Waals surface area contributed by atoms with Crippen LogP contribution in [0.5, 0.6) is 5.75 Å². The topological polar surface area (TPSA) is 73.2 Å². The number of hydrogen-bond donors (Lipinski definition) is 1. The van der Waals surface area contributed by atoms with Gasteiger partial charge in [0, 0.05) is 18.1 Å². The lowest BCUT2D eigenvalue weighted by Crippen LogP contribution is -2.26. The highest BCUT2D eigenvalue weighted by molar-refractivity contribution is 7.99. The lowest BCUT2D eigenvalue weighted by Gasteiger charge is -2.12. The highest BCUT2D eigenvalue weighted by Gasteiger charge is 2.13. The van der Waals surface area contributed by atoms with Gasteiger partial charge in [0.25, 0.3) is 5.56 Å². The molecule has 1 heterocycles. The molecule has 2 aromatic carbocycles. The van der Waals surface area contributed by atoms with Crippen LogP contribution in [0.1, 0.15) is 5.56 Å². The summed E-state index contributed by atoms with van der Waals surface area (Å²) in [5.74, 6) is 0.737. The molecule has 150 valence electrons. The number of fused-ring (bicyclic) bond motifs is 1. The summed E-state index contributed by atoms with van der Waals surface area (Å²) in [4.78, 5) is 29.6. The molecule has 0 atom stereocenters. The zero-order chi connectivity index (χ0) is 20.8. The van der Waals surface area contributed by atoms with Crippen LogP contribution in [0.15, 0.2) is 65.1 Å². The van der Waals surface area contributed by atoms with E-state index in [2.05, 4.69) is 16.9 Å². The number of benzene rings is 2. The third-order valence-electron chi connectivity index (χ3n) is 4.18. The summed E-state index contributed by atoms with van der Waals surface area (Å²) in [6.07, 6.45) is 1.62. The first kappa shape index (κ1) is 21.0. The molecule has 6 nitrogen and oxygen atoms in total. The van der Waals surface area contributed by atoms with E-state index in [0.29, 0.717) is 34.2 Å². The number of nitrogens with one attached hydrogen (secondary N) is 1. The second-order valence-corrected chi connectivity index (χ2v) is 7.55. The van der Waals surface area contributed by atoms with Crippen LogP contribution in [-0.4, -0.2) is 28.3 Å². The van der Waals surface area contributed by atoms with E-state index in [9.17, 15) is 9.59 Å². The molecule has 0 bridgehead atoms. The van der Waals surface area contributed by atoms with Crippen LogP contribution in [0.3, 0.4) is 0 Å². The second-order valence-electron chi connectivity index (χ2n) is 6.17. The van der Waals surface area contributed by atoms with Crippen molar-refractivity contribution in [1.29, 1.82) is 0 Å². The van der Waals surface area contributed by atoms with Gasteiger partial charge < -0.3 is 10.1 Å². The fourth-order valence-corrected chi connectivity index (χ4v) is 3.70. The number of allylic oxidation sites excluding steroid dienone is 1. The van der Waals surface area contributed by atoms with E-state index in [1.807, 2.05) is 24.3 Å². The van der Waals surface area contributed by atoms with Crippen molar-refractivity contribution in [2.24, 2.45) is 0 Å². The van der Waals surface area contributed by atoms with Crippen LogP contribution in [-0.2, 0) is 17.9 Å². The molecule has 29 heavy (non-hydrogen) atoms. The highest BCUT2D eigenvalue weighted by Crippen LogP contribution is 2.20. The third-order valence-corrected chi connectivity index (χ3v) is 5.39. The van der Waals surface area contributed by atoms with Gasteiger partial charge in [-0.2, -0.15) is 0 Å². The van der Waals surface area contributed by atoms with Crippen molar-refractivity contribution in [2.45, 2.75) is 18.2 Å². The highest BCUT2D eigenvalue weighted by atomic mass is 35.5. The van der Waals surface area contributed by atoms with Crippen LogP contribution in [0.25, 0.3) is 10.9 Å². The van der Waals surface area contributed by atoms with Crippen molar-refractivity contribution in [3.8, 4) is 5.75 Å². The minimum absolute atomic E-state index is 0.131. The lowest BCUT2D eigenvalue weighted by atomic mass is 10.2. The van der Waals surface area contributed by atoms with Crippen molar-refractivity contribution in [3.63, 3.8) is 0 Å². The predicted molar refractivity (Wildman–Crippen MR) is 117 cm³/mol. The zero-order valence-corrected chi connectivity index (χ0v) is 17.4. The molecule has 0 aliphatic heterocycles. The number of amides is 1. The fraction of sp³-hybridized carbons (Fsp3) is 0.190. The van der Waals surface area contributed by atoms with E-state index < -0.39 is 0 Å². The summed E-state index contributed by atoms with van der Waals surface area (Å²) in [7, 11) is 1.61. The average Bonchev–Trinajstić information content (AvgIpc) is 2.73. The Morgan fingerprint density at radius 2 is 2.07 bits per heavy atom. The molecular formula is C21H20ClN3O3S. The molecule has 1 amide bonds. The van der Waals surface area contributed by atoms with Crippen molar-refractivity contribution < 1.29 is 9.53 Å². The molecule has 0 spiro atoms. The monoisotopic (exact) mass is 429 g/mol. The van der Waals surface area contributed by atoms with E-state index >= 15 is 0 Å². The number of rotatable bonds is 8. The zero-order valence-electron chi connectivity index (χ0n) is 15.9. The third kappa shape index (κ3) is 5.19. The SMILES string of the molecule is C=CCn1c(SCC(=O)NCc2ccc(OC)cc2)nc2cc(Cl)ccc2c1=O. The van der Waals surface area contributed by atoms with Crippen LogP contribution in [0, 0.1) is 0 Å². The van der Waals surface area contributed by atoms with Crippen LogP contribution >= 0.6 is 23.4 Å². The molecule has 0 radical (unpaired) electrons. The average molecular weight is 430 g/mol. The maximum atomic E-state index is 12.8. The van der Waals surface area contributed by atoms with Crippen molar-refractivity contribution in [1.82, 2.24) is 14.9 Å². The second kappa shape index (κ2) is 9.62. The van der Waals surface area contributed by atoms with E-state index in [4.69, 9.17) is 16.3 Å². The van der Waals surface area contributed by atoms with Crippen LogP contribution in [0.4, 0.5) is 0 Å². The van der Waals surface area contributed by atoms with Crippen molar-refractivity contribution >= 4 is 40.2 Å². The van der Waals surface area contributed by atoms with Gasteiger partial charge in [-0.1, -0.05) is 41.6 Å². The molecule has 8 heteroatoms. The Labute approximate surface area is 177 Å². The molecule has 3 aromatic rings. The van der Waals surface area contributed by atoms with Crippen molar-refractivity contribution in [3.05, 3.63) is 76.1 Å². The molecule has 0 aliphatic rings. The Morgan fingerprint density at radius 3 is 2.76 bits per heavy atom. The normalized spacial score (nSPS) is 10.7. The Hall–Kier alpha value is -2.77. The van der Waals surface area contributed by atoms with Gasteiger partial charge in [-0.15, -0.1) is 6.58 Å². The summed E-state index contributed by atoms with van der Waals surface area (Å²) < 4.78 is 6.62. The van der Waals surface area contributed by atoms with E-state index in [0.717, 1.165) is 11.3 Å². The summed E-state index contributed by atoms with van der Waals surface area (Å²) in [5.41, 5.74) is 1.28. The maximum Gasteiger partial charge on any atom is 0.262 e. The summed E-state index contributed by atoms with van der Waals surface area (Å²) in [6.45, 7) is 4.41. The molecule has 0 saturated carbocycles. The summed E-state index contributed by atoms with van der Waals surface area (Å²) in [6, 6.07) is 12.4. The number of carbonyl (C=O) groups is 1. The smallest absolute Gasteiger partial charge is 0.262 e. The van der Waals surface area contributed by atoms with E-state index in [1.165, 1.54) is 16.3 Å². The van der Waals surface area contributed by atoms with E-state index in [1.54, 1.807) is 31.4 Å². The number of hydrogen-bond acceptors (Lipinski definition) is 5. The largest absolute Gasteiger partial charge is 0.497 e. The molecule has 0 saturated heterocycles. The Kier molecular flexibility index (Phi) is 6.95. The van der Waals surface area contributed by atoms with Gasteiger partial charge >= 0.3 is 0 Å². The maximum absolute atomic E-state index is 12.8. The lowest BCUT2D eigenvalue weighted by molar-refractivity contribution is -0.118. The number of methoxy groups -OCH3 is 1. The van der Waals surface area contributed by atoms with Crippen molar-refractivity contribution in [2.75, 3.05) is 12.9 Å². The Morgan fingerprint density at radius 1 is 1.31 bits per heavy atom. The molecule has 1 N–H and O–H groups in total. The first-order valence-corrected chi connectivity index (χ1v) is 10.2.